The van der Waals surface area contributed by atoms with Gasteiger partial charge >= 0.3 is 0 Å². The first-order valence-electron chi connectivity index (χ1n) is 7.00. The molecule has 2 unspecified atom stereocenters. The van der Waals surface area contributed by atoms with E-state index in [0.29, 0.717) is 0 Å². The minimum atomic E-state index is -0.888. The Labute approximate surface area is 121 Å². The smallest absolute Gasteiger partial charge is 0.103 e. The van der Waals surface area contributed by atoms with Gasteiger partial charge in [0.25, 0.3) is 0 Å². The fourth-order valence-corrected chi connectivity index (χ4v) is 2.69. The van der Waals surface area contributed by atoms with Gasteiger partial charge in [-0.15, -0.1) is 0 Å². The number of aliphatic hydroxyl groups is 1. The molecule has 0 amide bonds. The summed E-state index contributed by atoms with van der Waals surface area (Å²) in [6.07, 6.45) is 0.815. The number of nitrogens with zero attached hydrogens (tertiary/aromatic N) is 1. The number of likely N-dealkylation sites (N-methyl/N-ethyl adjacent to an activating group) is 1. The van der Waals surface area contributed by atoms with Crippen molar-refractivity contribution in [3.63, 3.8) is 0 Å². The highest BCUT2D eigenvalue weighted by Crippen LogP contribution is 2.29. The molecule has 20 heavy (non-hydrogen) atoms. The standard InChI is InChI=1S/C18H23NO/c1-18(20,16-12-8-5-9-13-16)17(19(2)3)14-15-10-6-4-7-11-15/h4-13,17,20H,14H2,1-3H3. The normalized spacial score (nSPS) is 15.8. The van der Waals surface area contributed by atoms with Crippen molar-refractivity contribution >= 4 is 0 Å². The van der Waals surface area contributed by atoms with E-state index in [9.17, 15) is 5.11 Å². The molecule has 0 saturated heterocycles. The van der Waals surface area contributed by atoms with E-state index in [-0.39, 0.29) is 6.04 Å². The summed E-state index contributed by atoms with van der Waals surface area (Å²) in [6.45, 7) is 1.90. The third-order valence-electron chi connectivity index (χ3n) is 3.90. The zero-order chi connectivity index (χ0) is 14.6. The Bertz CT molecular complexity index is 520. The molecule has 0 fully saturated rings. The SMILES string of the molecule is CN(C)C(Cc1ccccc1)C(C)(O)c1ccccc1. The lowest BCUT2D eigenvalue weighted by atomic mass is 9.84. The molecule has 106 valence electrons. The topological polar surface area (TPSA) is 23.5 Å². The summed E-state index contributed by atoms with van der Waals surface area (Å²) >= 11 is 0. The van der Waals surface area contributed by atoms with Gasteiger partial charge < -0.3 is 10.0 Å². The first-order chi connectivity index (χ1) is 9.51. The predicted octanol–water partition coefficient (Wildman–Crippen LogP) is 3.07. The van der Waals surface area contributed by atoms with Gasteiger partial charge in [0.05, 0.1) is 0 Å². The van der Waals surface area contributed by atoms with Crippen LogP contribution < -0.4 is 0 Å². The molecule has 0 aromatic heterocycles. The number of hydrogen-bond donors (Lipinski definition) is 1. The minimum absolute atomic E-state index is 0.0206. The first-order valence-corrected chi connectivity index (χ1v) is 7.00. The van der Waals surface area contributed by atoms with Gasteiger partial charge in [-0.3, -0.25) is 0 Å². The van der Waals surface area contributed by atoms with Crippen LogP contribution in [0.4, 0.5) is 0 Å². The van der Waals surface area contributed by atoms with E-state index in [1.165, 1.54) is 5.56 Å². The molecule has 0 aliphatic heterocycles. The molecule has 0 saturated carbocycles. The van der Waals surface area contributed by atoms with Crippen LogP contribution in [0.3, 0.4) is 0 Å². The van der Waals surface area contributed by atoms with Crippen LogP contribution in [-0.2, 0) is 12.0 Å². The zero-order valence-electron chi connectivity index (χ0n) is 12.5. The fourth-order valence-electron chi connectivity index (χ4n) is 2.69. The van der Waals surface area contributed by atoms with Gasteiger partial charge in [-0.05, 0) is 38.6 Å². The van der Waals surface area contributed by atoms with Crippen LogP contribution in [0.1, 0.15) is 18.1 Å². The third kappa shape index (κ3) is 3.27. The highest BCUT2D eigenvalue weighted by atomic mass is 16.3. The molecule has 1 N–H and O–H groups in total. The van der Waals surface area contributed by atoms with Crippen LogP contribution in [0.15, 0.2) is 60.7 Å². The van der Waals surface area contributed by atoms with Gasteiger partial charge in [0.1, 0.15) is 5.60 Å². The average molecular weight is 269 g/mol. The van der Waals surface area contributed by atoms with Crippen molar-refractivity contribution in [2.75, 3.05) is 14.1 Å². The predicted molar refractivity (Wildman–Crippen MR) is 83.6 cm³/mol. The molecule has 2 aromatic carbocycles. The van der Waals surface area contributed by atoms with Crippen LogP contribution in [0, 0.1) is 0 Å². The van der Waals surface area contributed by atoms with Crippen LogP contribution in [0.5, 0.6) is 0 Å². The molecule has 2 nitrogen and oxygen atoms in total. The second-order valence-electron chi connectivity index (χ2n) is 5.68. The van der Waals surface area contributed by atoms with Crippen LogP contribution >= 0.6 is 0 Å². The summed E-state index contributed by atoms with van der Waals surface area (Å²) in [5, 5.41) is 11.0. The highest BCUT2D eigenvalue weighted by Gasteiger charge is 2.35. The molecule has 0 aliphatic carbocycles. The van der Waals surface area contributed by atoms with E-state index in [1.807, 2.05) is 69.6 Å². The zero-order valence-corrected chi connectivity index (χ0v) is 12.5. The van der Waals surface area contributed by atoms with E-state index >= 15 is 0 Å². The van der Waals surface area contributed by atoms with Crippen molar-refractivity contribution < 1.29 is 5.11 Å². The Morgan fingerprint density at radius 3 is 1.95 bits per heavy atom. The van der Waals surface area contributed by atoms with Crippen LogP contribution in [0.25, 0.3) is 0 Å². The molecule has 2 aromatic rings. The Morgan fingerprint density at radius 1 is 0.950 bits per heavy atom. The Hall–Kier alpha value is -1.64. The second-order valence-corrected chi connectivity index (χ2v) is 5.68. The van der Waals surface area contributed by atoms with E-state index < -0.39 is 5.60 Å². The molecule has 2 heteroatoms. The lowest BCUT2D eigenvalue weighted by Gasteiger charge is -2.38. The van der Waals surface area contributed by atoms with Gasteiger partial charge in [0.2, 0.25) is 0 Å². The second kappa shape index (κ2) is 6.21. The average Bonchev–Trinajstić information content (AvgIpc) is 2.46. The van der Waals surface area contributed by atoms with Gasteiger partial charge in [0, 0.05) is 6.04 Å². The third-order valence-corrected chi connectivity index (χ3v) is 3.90. The Balaban J connectivity index is 2.29. The maximum atomic E-state index is 11.0. The molecular formula is C18H23NO. The van der Waals surface area contributed by atoms with Crippen molar-refractivity contribution in [3.05, 3.63) is 71.8 Å². The maximum absolute atomic E-state index is 11.0. The van der Waals surface area contributed by atoms with E-state index in [0.717, 1.165) is 12.0 Å². The number of benzene rings is 2. The Morgan fingerprint density at radius 2 is 1.45 bits per heavy atom. The largest absolute Gasteiger partial charge is 0.384 e. The van der Waals surface area contributed by atoms with Gasteiger partial charge in [-0.1, -0.05) is 60.7 Å². The summed E-state index contributed by atoms with van der Waals surface area (Å²) < 4.78 is 0. The van der Waals surface area contributed by atoms with Gasteiger partial charge in [-0.2, -0.15) is 0 Å². The molecule has 2 rings (SSSR count). The summed E-state index contributed by atoms with van der Waals surface area (Å²) in [5.74, 6) is 0. The summed E-state index contributed by atoms with van der Waals surface area (Å²) in [5.41, 5.74) is 1.30. The summed E-state index contributed by atoms with van der Waals surface area (Å²) in [6, 6.07) is 20.2. The molecule has 0 radical (unpaired) electrons. The summed E-state index contributed by atoms with van der Waals surface area (Å²) in [7, 11) is 4.04. The van der Waals surface area contributed by atoms with Crippen molar-refractivity contribution in [2.24, 2.45) is 0 Å². The maximum Gasteiger partial charge on any atom is 0.103 e. The lowest BCUT2D eigenvalue weighted by Crippen LogP contribution is -2.47. The molecule has 2 atom stereocenters. The minimum Gasteiger partial charge on any atom is -0.384 e. The van der Waals surface area contributed by atoms with Crippen molar-refractivity contribution in [1.29, 1.82) is 0 Å². The van der Waals surface area contributed by atoms with Crippen molar-refractivity contribution in [3.8, 4) is 0 Å². The quantitative estimate of drug-likeness (QED) is 0.901. The van der Waals surface area contributed by atoms with Gasteiger partial charge in [0.15, 0.2) is 0 Å². The monoisotopic (exact) mass is 269 g/mol. The number of hydrogen-bond acceptors (Lipinski definition) is 2. The van der Waals surface area contributed by atoms with Crippen molar-refractivity contribution in [2.45, 2.75) is 25.0 Å². The van der Waals surface area contributed by atoms with E-state index in [2.05, 4.69) is 17.0 Å². The Kier molecular flexibility index (Phi) is 4.58. The first kappa shape index (κ1) is 14.8. The van der Waals surface area contributed by atoms with E-state index in [1.54, 1.807) is 0 Å². The molecule has 0 spiro atoms. The number of rotatable bonds is 5. The van der Waals surface area contributed by atoms with Crippen molar-refractivity contribution in [1.82, 2.24) is 4.90 Å². The lowest BCUT2D eigenvalue weighted by molar-refractivity contribution is -0.0226. The molecule has 0 aliphatic rings. The van der Waals surface area contributed by atoms with Crippen LogP contribution in [0.2, 0.25) is 0 Å². The van der Waals surface area contributed by atoms with E-state index in [4.69, 9.17) is 0 Å². The highest BCUT2D eigenvalue weighted by molar-refractivity contribution is 5.25. The molecule has 0 heterocycles. The summed E-state index contributed by atoms with van der Waals surface area (Å²) in [4.78, 5) is 2.10. The molecular weight excluding hydrogens is 246 g/mol. The molecule has 0 bridgehead atoms. The van der Waals surface area contributed by atoms with Gasteiger partial charge in [-0.25, -0.2) is 0 Å². The fraction of sp³-hybridized carbons (Fsp3) is 0.333. The van der Waals surface area contributed by atoms with Crippen LogP contribution in [-0.4, -0.2) is 30.1 Å².